The molecule has 25 heavy (non-hydrogen) atoms. The standard InChI is InChI=1S/C18H18N4O.C2H6/c1-19-11-12-5-7-13(8-6-12)17-21-15-4-2-3-14-16(15)22(17)10-9-20-18(14)23;1-2/h2-8,19H,9-11H2,1H3,(H,20,23);1-2H3. The highest BCUT2D eigenvalue weighted by molar-refractivity contribution is 6.06. The van der Waals surface area contributed by atoms with Crippen molar-refractivity contribution in [3.05, 3.63) is 53.6 Å². The quantitative estimate of drug-likeness (QED) is 0.772. The summed E-state index contributed by atoms with van der Waals surface area (Å²) in [5.41, 5.74) is 4.80. The molecule has 3 aromatic rings. The number of hydrogen-bond acceptors (Lipinski definition) is 3. The number of imidazole rings is 1. The van der Waals surface area contributed by atoms with E-state index in [1.54, 1.807) is 0 Å². The van der Waals surface area contributed by atoms with E-state index in [0.29, 0.717) is 12.1 Å². The lowest BCUT2D eigenvalue weighted by Crippen LogP contribution is -2.24. The minimum absolute atomic E-state index is 0.0230. The molecule has 2 N–H and O–H groups in total. The second-order valence-corrected chi connectivity index (χ2v) is 5.74. The molecule has 0 unspecified atom stereocenters. The van der Waals surface area contributed by atoms with Crippen LogP contribution < -0.4 is 10.6 Å². The van der Waals surface area contributed by atoms with Crippen molar-refractivity contribution in [1.29, 1.82) is 0 Å². The molecule has 1 aliphatic heterocycles. The van der Waals surface area contributed by atoms with E-state index in [4.69, 9.17) is 4.98 Å². The molecule has 0 bridgehead atoms. The summed E-state index contributed by atoms with van der Waals surface area (Å²) in [6.07, 6.45) is 0. The predicted octanol–water partition coefficient (Wildman–Crippen LogP) is 3.19. The van der Waals surface area contributed by atoms with E-state index in [1.165, 1.54) is 5.56 Å². The SMILES string of the molecule is CC.CNCc1ccc(-c2nc3cccc4c3n2CCNC4=O)cc1. The van der Waals surface area contributed by atoms with Gasteiger partial charge in [-0.3, -0.25) is 4.79 Å². The van der Waals surface area contributed by atoms with Gasteiger partial charge in [0.15, 0.2) is 0 Å². The van der Waals surface area contributed by atoms with Crippen LogP contribution in [0.4, 0.5) is 0 Å². The maximum absolute atomic E-state index is 12.2. The van der Waals surface area contributed by atoms with Crippen molar-refractivity contribution in [3.63, 3.8) is 0 Å². The summed E-state index contributed by atoms with van der Waals surface area (Å²) < 4.78 is 2.15. The lowest BCUT2D eigenvalue weighted by molar-refractivity contribution is 0.0956. The van der Waals surface area contributed by atoms with Crippen LogP contribution in [0.5, 0.6) is 0 Å². The Morgan fingerprint density at radius 1 is 1.16 bits per heavy atom. The Morgan fingerprint density at radius 3 is 2.64 bits per heavy atom. The van der Waals surface area contributed by atoms with E-state index in [0.717, 1.165) is 35.5 Å². The van der Waals surface area contributed by atoms with Crippen LogP contribution in [0.15, 0.2) is 42.5 Å². The van der Waals surface area contributed by atoms with Gasteiger partial charge in [0.2, 0.25) is 0 Å². The average molecular weight is 336 g/mol. The molecule has 0 spiro atoms. The molecule has 0 saturated carbocycles. The molecule has 5 heteroatoms. The van der Waals surface area contributed by atoms with Crippen LogP contribution in [0.2, 0.25) is 0 Å². The lowest BCUT2D eigenvalue weighted by atomic mass is 10.1. The fourth-order valence-electron chi connectivity index (χ4n) is 3.16. The Labute approximate surface area is 148 Å². The van der Waals surface area contributed by atoms with E-state index >= 15 is 0 Å². The summed E-state index contributed by atoms with van der Waals surface area (Å²) >= 11 is 0. The normalized spacial score (nSPS) is 13.0. The maximum Gasteiger partial charge on any atom is 0.253 e. The van der Waals surface area contributed by atoms with Crippen LogP contribution in [0.25, 0.3) is 22.4 Å². The summed E-state index contributed by atoms with van der Waals surface area (Å²) in [5.74, 6) is 0.894. The monoisotopic (exact) mass is 336 g/mol. The van der Waals surface area contributed by atoms with Gasteiger partial charge in [-0.25, -0.2) is 4.98 Å². The molecular weight excluding hydrogens is 312 g/mol. The van der Waals surface area contributed by atoms with Gasteiger partial charge in [-0.05, 0) is 24.7 Å². The Hall–Kier alpha value is -2.66. The van der Waals surface area contributed by atoms with Crippen LogP contribution in [-0.2, 0) is 13.1 Å². The average Bonchev–Trinajstić information content (AvgIpc) is 2.94. The minimum Gasteiger partial charge on any atom is -0.350 e. The number of nitrogens with zero attached hydrogens (tertiary/aromatic N) is 2. The van der Waals surface area contributed by atoms with E-state index in [2.05, 4.69) is 39.5 Å². The highest BCUT2D eigenvalue weighted by Crippen LogP contribution is 2.28. The van der Waals surface area contributed by atoms with Crippen molar-refractivity contribution >= 4 is 16.9 Å². The van der Waals surface area contributed by atoms with Crippen molar-refractivity contribution < 1.29 is 4.79 Å². The molecule has 130 valence electrons. The zero-order valence-electron chi connectivity index (χ0n) is 15.0. The van der Waals surface area contributed by atoms with Crippen LogP contribution in [0.1, 0.15) is 29.8 Å². The second-order valence-electron chi connectivity index (χ2n) is 5.74. The topological polar surface area (TPSA) is 59.0 Å². The molecule has 1 amide bonds. The molecule has 5 nitrogen and oxygen atoms in total. The number of carbonyl (C=O) groups is 1. The second kappa shape index (κ2) is 7.49. The third-order valence-electron chi connectivity index (χ3n) is 4.23. The van der Waals surface area contributed by atoms with Crippen molar-refractivity contribution in [1.82, 2.24) is 20.2 Å². The Kier molecular flexibility index (Phi) is 5.14. The Morgan fingerprint density at radius 2 is 1.92 bits per heavy atom. The molecular formula is C20H24N4O. The first kappa shape index (κ1) is 17.2. The molecule has 2 aromatic carbocycles. The van der Waals surface area contributed by atoms with Gasteiger partial charge in [-0.2, -0.15) is 0 Å². The third kappa shape index (κ3) is 3.15. The van der Waals surface area contributed by atoms with Gasteiger partial charge in [0.25, 0.3) is 5.91 Å². The van der Waals surface area contributed by atoms with Gasteiger partial charge < -0.3 is 15.2 Å². The number of rotatable bonds is 3. The molecule has 0 radical (unpaired) electrons. The summed E-state index contributed by atoms with van der Waals surface area (Å²) in [6, 6.07) is 14.1. The van der Waals surface area contributed by atoms with Crippen LogP contribution >= 0.6 is 0 Å². The summed E-state index contributed by atoms with van der Waals surface area (Å²) in [5, 5.41) is 6.10. The van der Waals surface area contributed by atoms with Crippen LogP contribution in [0, 0.1) is 0 Å². The maximum atomic E-state index is 12.2. The molecule has 0 saturated heterocycles. The van der Waals surface area contributed by atoms with E-state index < -0.39 is 0 Å². The van der Waals surface area contributed by atoms with E-state index in [1.807, 2.05) is 39.1 Å². The number of amides is 1. The van der Waals surface area contributed by atoms with Gasteiger partial charge in [0, 0.05) is 25.2 Å². The van der Waals surface area contributed by atoms with Gasteiger partial charge in [-0.15, -0.1) is 0 Å². The first-order chi connectivity index (χ1) is 12.3. The van der Waals surface area contributed by atoms with Crippen molar-refractivity contribution in [2.24, 2.45) is 0 Å². The molecule has 0 aliphatic carbocycles. The smallest absolute Gasteiger partial charge is 0.253 e. The van der Waals surface area contributed by atoms with Crippen molar-refractivity contribution in [2.45, 2.75) is 26.9 Å². The van der Waals surface area contributed by atoms with Gasteiger partial charge in [0.1, 0.15) is 5.82 Å². The van der Waals surface area contributed by atoms with Crippen molar-refractivity contribution in [2.75, 3.05) is 13.6 Å². The summed E-state index contributed by atoms with van der Waals surface area (Å²) in [4.78, 5) is 17.0. The van der Waals surface area contributed by atoms with Crippen LogP contribution in [-0.4, -0.2) is 29.1 Å². The number of hydrogen-bond donors (Lipinski definition) is 2. The number of benzene rings is 2. The minimum atomic E-state index is -0.0230. The van der Waals surface area contributed by atoms with E-state index in [-0.39, 0.29) is 5.91 Å². The van der Waals surface area contributed by atoms with Gasteiger partial charge in [-0.1, -0.05) is 44.2 Å². The van der Waals surface area contributed by atoms with Gasteiger partial charge >= 0.3 is 0 Å². The molecule has 1 aromatic heterocycles. The third-order valence-corrected chi connectivity index (χ3v) is 4.23. The summed E-state index contributed by atoms with van der Waals surface area (Å²) in [6.45, 7) is 6.19. The molecule has 2 heterocycles. The zero-order valence-corrected chi connectivity index (χ0v) is 15.0. The predicted molar refractivity (Wildman–Crippen MR) is 102 cm³/mol. The first-order valence-electron chi connectivity index (χ1n) is 8.79. The molecule has 0 fully saturated rings. The zero-order chi connectivity index (χ0) is 17.8. The first-order valence-corrected chi connectivity index (χ1v) is 8.79. The molecule has 1 aliphatic rings. The molecule has 0 atom stereocenters. The number of para-hydroxylation sites is 1. The van der Waals surface area contributed by atoms with Crippen LogP contribution in [0.3, 0.4) is 0 Å². The van der Waals surface area contributed by atoms with E-state index in [9.17, 15) is 4.79 Å². The number of carbonyl (C=O) groups excluding carboxylic acids is 1. The Balaban J connectivity index is 0.000000880. The highest BCUT2D eigenvalue weighted by Gasteiger charge is 2.21. The highest BCUT2D eigenvalue weighted by atomic mass is 16.1. The number of aromatic nitrogens is 2. The lowest BCUT2D eigenvalue weighted by Gasteiger charge is -2.08. The fraction of sp³-hybridized carbons (Fsp3) is 0.300. The molecule has 4 rings (SSSR count). The Bertz CT molecular complexity index is 881. The fourth-order valence-corrected chi connectivity index (χ4v) is 3.16. The summed E-state index contributed by atoms with van der Waals surface area (Å²) in [7, 11) is 1.94. The largest absolute Gasteiger partial charge is 0.350 e. The number of nitrogens with one attached hydrogen (secondary N) is 2. The van der Waals surface area contributed by atoms with Gasteiger partial charge in [0.05, 0.1) is 16.6 Å². The van der Waals surface area contributed by atoms with Crippen molar-refractivity contribution in [3.8, 4) is 11.4 Å².